The first-order chi connectivity index (χ1) is 27.3. The summed E-state index contributed by atoms with van der Waals surface area (Å²) in [7, 11) is 0. The Morgan fingerprint density at radius 2 is 1.02 bits per heavy atom. The predicted octanol–water partition coefficient (Wildman–Crippen LogP) is 11.6. The van der Waals surface area contributed by atoms with Crippen LogP contribution in [0.2, 0.25) is 0 Å². The smallest absolute Gasteiger partial charge is 0.421 e. The van der Waals surface area contributed by atoms with Gasteiger partial charge in [-0.15, -0.1) is 0 Å². The highest BCUT2D eigenvalue weighted by Crippen LogP contribution is 2.40. The van der Waals surface area contributed by atoms with E-state index in [4.69, 9.17) is 18.9 Å². The van der Waals surface area contributed by atoms with E-state index in [0.717, 1.165) is 29.1 Å². The summed E-state index contributed by atoms with van der Waals surface area (Å²) in [6.45, 7) is 2.99. The molecule has 16 heteroatoms. The lowest BCUT2D eigenvalue weighted by atomic mass is 10.1. The van der Waals surface area contributed by atoms with E-state index >= 15 is 0 Å². The number of alkyl halides is 6. The van der Waals surface area contributed by atoms with Gasteiger partial charge in [-0.25, -0.2) is 24.9 Å². The van der Waals surface area contributed by atoms with Gasteiger partial charge in [0.15, 0.2) is 0 Å². The third-order valence-electron chi connectivity index (χ3n) is 8.55. The Hall–Kier alpha value is -7.23. The van der Waals surface area contributed by atoms with Crippen molar-refractivity contribution in [1.82, 2.24) is 29.5 Å². The summed E-state index contributed by atoms with van der Waals surface area (Å²) in [5, 5.41) is 1.65. The van der Waals surface area contributed by atoms with Crippen LogP contribution in [0.25, 0.3) is 27.8 Å². The number of aromatic nitrogens is 6. The summed E-state index contributed by atoms with van der Waals surface area (Å²) in [5.41, 5.74) is 0.00884. The maximum absolute atomic E-state index is 13.7. The van der Waals surface area contributed by atoms with Gasteiger partial charge in [0.1, 0.15) is 52.7 Å². The van der Waals surface area contributed by atoms with Gasteiger partial charge in [-0.2, -0.15) is 26.3 Å². The minimum Gasteiger partial charge on any atom is -0.457 e. The molecule has 0 fully saturated rings. The molecule has 0 unspecified atom stereocenters. The molecule has 0 atom stereocenters. The van der Waals surface area contributed by atoms with Crippen LogP contribution in [0.5, 0.6) is 46.3 Å². The molecule has 0 saturated heterocycles. The predicted molar refractivity (Wildman–Crippen MR) is 195 cm³/mol. The highest BCUT2D eigenvalue weighted by Gasteiger charge is 2.36. The van der Waals surface area contributed by atoms with Gasteiger partial charge in [-0.3, -0.25) is 4.57 Å². The Morgan fingerprint density at radius 3 is 1.54 bits per heavy atom. The zero-order valence-corrected chi connectivity index (χ0v) is 29.6. The molecule has 0 saturated carbocycles. The van der Waals surface area contributed by atoms with Crippen molar-refractivity contribution in [3.05, 3.63) is 144 Å². The van der Waals surface area contributed by atoms with Crippen molar-refractivity contribution in [2.45, 2.75) is 26.2 Å². The Kier molecular flexibility index (Phi) is 9.31. The van der Waals surface area contributed by atoms with Crippen molar-refractivity contribution < 1.29 is 45.3 Å². The van der Waals surface area contributed by atoms with Crippen LogP contribution in [0.1, 0.15) is 22.3 Å². The van der Waals surface area contributed by atoms with Gasteiger partial charge < -0.3 is 18.9 Å². The quantitative estimate of drug-likeness (QED) is 0.132. The molecule has 0 aliphatic carbocycles. The first-order valence-electron chi connectivity index (χ1n) is 17.0. The Bertz CT molecular complexity index is 2780. The Balaban J connectivity index is 1.09. The second-order valence-electron chi connectivity index (χ2n) is 12.7. The zero-order valence-electron chi connectivity index (χ0n) is 29.6. The fraction of sp³-hybridized carbons (Fsp3) is 0.0976. The van der Waals surface area contributed by atoms with Gasteiger partial charge in [-0.05, 0) is 80.1 Å². The number of ether oxygens (including phenoxy) is 4. The molecular formula is C41H26F6N6O4. The minimum atomic E-state index is -4.67. The highest BCUT2D eigenvalue weighted by atomic mass is 19.4. The monoisotopic (exact) mass is 780 g/mol. The summed E-state index contributed by atoms with van der Waals surface area (Å²) in [4.78, 5) is 20.4. The van der Waals surface area contributed by atoms with Crippen LogP contribution in [0.15, 0.2) is 122 Å². The topological polar surface area (TPSA) is 106 Å². The maximum atomic E-state index is 13.7. The lowest BCUT2D eigenvalue weighted by Gasteiger charge is -2.14. The van der Waals surface area contributed by atoms with Crippen molar-refractivity contribution in [3.8, 4) is 52.2 Å². The summed E-state index contributed by atoms with van der Waals surface area (Å²) in [5.74, 6) is 1.64. The number of hydrogen-bond acceptors (Lipinski definition) is 9. The van der Waals surface area contributed by atoms with Crippen LogP contribution in [0, 0.1) is 13.8 Å². The van der Waals surface area contributed by atoms with Crippen molar-refractivity contribution >= 4 is 21.8 Å². The molecular weight excluding hydrogens is 754 g/mol. The number of fused-ring (bicyclic) bond motifs is 3. The van der Waals surface area contributed by atoms with Crippen molar-refractivity contribution in [2.24, 2.45) is 0 Å². The number of rotatable bonds is 9. The van der Waals surface area contributed by atoms with Crippen LogP contribution in [0.3, 0.4) is 0 Å². The first-order valence-corrected chi connectivity index (χ1v) is 17.0. The lowest BCUT2D eigenvalue weighted by Crippen LogP contribution is -2.08. The Labute approximate surface area is 319 Å². The standard InChI is InChI=1S/C41H26F6N6O4/c1-23-13-34(41(45,46)47)38(49-19-23)57-29-8-4-6-27(16-29)55-31-10-12-33-32-11-9-30(17-35(32)53(36(33)18-31)39-51-21-48-22-52-39)54-26-5-3-7-28(15-26)56-37-24(2)14-25(20-50-37)40(42,43)44/h3-22H,1-2H3. The largest absolute Gasteiger partial charge is 0.457 e. The van der Waals surface area contributed by atoms with Crippen LogP contribution in [-0.4, -0.2) is 29.5 Å². The van der Waals surface area contributed by atoms with E-state index in [-0.39, 0.29) is 17.2 Å². The molecule has 8 rings (SSSR count). The van der Waals surface area contributed by atoms with Gasteiger partial charge >= 0.3 is 12.4 Å². The zero-order chi connectivity index (χ0) is 39.9. The molecule has 0 aliphatic rings. The molecule has 57 heavy (non-hydrogen) atoms. The molecule has 0 amide bonds. The molecule has 0 spiro atoms. The second kappa shape index (κ2) is 14.4. The van der Waals surface area contributed by atoms with E-state index in [2.05, 4.69) is 24.9 Å². The molecule has 0 bridgehead atoms. The van der Waals surface area contributed by atoms with E-state index in [1.165, 1.54) is 44.8 Å². The van der Waals surface area contributed by atoms with E-state index in [1.54, 1.807) is 65.2 Å². The van der Waals surface area contributed by atoms with Gasteiger partial charge in [0, 0.05) is 53.0 Å². The normalized spacial score (nSPS) is 11.9. The number of benzene rings is 4. The molecule has 4 aromatic heterocycles. The van der Waals surface area contributed by atoms with Crippen LogP contribution >= 0.6 is 0 Å². The molecule has 4 heterocycles. The van der Waals surface area contributed by atoms with Crippen molar-refractivity contribution in [1.29, 1.82) is 0 Å². The molecule has 10 nitrogen and oxygen atoms in total. The molecule has 4 aromatic carbocycles. The third-order valence-corrected chi connectivity index (χ3v) is 8.55. The van der Waals surface area contributed by atoms with Crippen LogP contribution in [0.4, 0.5) is 26.3 Å². The number of halogens is 6. The SMILES string of the molecule is Cc1cnc(Oc2cccc(Oc3ccc4c5ccc(Oc6cccc(Oc7ncc(C(F)(F)F)cc7C)c6)cc5n(-c5ncncn5)c4c3)c2)c(C(F)(F)F)c1. The molecule has 8 aromatic rings. The van der Waals surface area contributed by atoms with Gasteiger partial charge in [0.25, 0.3) is 0 Å². The van der Waals surface area contributed by atoms with Crippen LogP contribution < -0.4 is 18.9 Å². The van der Waals surface area contributed by atoms with E-state index in [0.29, 0.717) is 51.3 Å². The first kappa shape index (κ1) is 36.7. The minimum absolute atomic E-state index is 0.0203. The molecule has 0 aliphatic heterocycles. The third kappa shape index (κ3) is 7.82. The maximum Gasteiger partial charge on any atom is 0.421 e. The summed E-state index contributed by atoms with van der Waals surface area (Å²) in [6, 6.07) is 25.5. The fourth-order valence-corrected chi connectivity index (χ4v) is 6.03. The summed E-state index contributed by atoms with van der Waals surface area (Å²) < 4.78 is 106. The van der Waals surface area contributed by atoms with E-state index in [1.807, 2.05) is 12.1 Å². The average molecular weight is 781 g/mol. The number of pyridine rings is 2. The van der Waals surface area contributed by atoms with E-state index < -0.39 is 29.4 Å². The number of hydrogen-bond donors (Lipinski definition) is 0. The Morgan fingerprint density at radius 1 is 0.509 bits per heavy atom. The van der Waals surface area contributed by atoms with Crippen molar-refractivity contribution in [3.63, 3.8) is 0 Å². The second-order valence-corrected chi connectivity index (χ2v) is 12.7. The number of aryl methyl sites for hydroxylation is 2. The summed E-state index contributed by atoms with van der Waals surface area (Å²) >= 11 is 0. The van der Waals surface area contributed by atoms with Crippen molar-refractivity contribution in [2.75, 3.05) is 0 Å². The molecule has 0 radical (unpaired) electrons. The van der Waals surface area contributed by atoms with E-state index in [9.17, 15) is 26.3 Å². The van der Waals surface area contributed by atoms with Gasteiger partial charge in [0.2, 0.25) is 17.7 Å². The highest BCUT2D eigenvalue weighted by molar-refractivity contribution is 6.09. The average Bonchev–Trinajstić information content (AvgIpc) is 3.49. The fourth-order valence-electron chi connectivity index (χ4n) is 6.03. The molecule has 0 N–H and O–H groups in total. The lowest BCUT2D eigenvalue weighted by molar-refractivity contribution is -0.139. The van der Waals surface area contributed by atoms with Gasteiger partial charge in [0.05, 0.1) is 16.6 Å². The molecule has 286 valence electrons. The summed E-state index contributed by atoms with van der Waals surface area (Å²) in [6.07, 6.45) is -4.47. The van der Waals surface area contributed by atoms with Crippen LogP contribution in [-0.2, 0) is 12.4 Å². The van der Waals surface area contributed by atoms with Gasteiger partial charge in [-0.1, -0.05) is 12.1 Å². The number of nitrogens with zero attached hydrogens (tertiary/aromatic N) is 6.